The smallest absolute Gasteiger partial charge is 0.218 e. The van der Waals surface area contributed by atoms with E-state index in [9.17, 15) is 5.11 Å². The van der Waals surface area contributed by atoms with Crippen molar-refractivity contribution in [3.63, 3.8) is 0 Å². The molecule has 0 radical (unpaired) electrons. The van der Waals surface area contributed by atoms with Gasteiger partial charge in [-0.15, -0.1) is 0 Å². The van der Waals surface area contributed by atoms with Crippen LogP contribution in [-0.2, 0) is 13.0 Å². The summed E-state index contributed by atoms with van der Waals surface area (Å²) in [4.78, 5) is 9.48. The zero-order chi connectivity index (χ0) is 16.1. The van der Waals surface area contributed by atoms with Gasteiger partial charge in [0, 0.05) is 26.2 Å². The number of fused-ring (bicyclic) bond motifs is 2. The Morgan fingerprint density at radius 1 is 1.26 bits per heavy atom. The van der Waals surface area contributed by atoms with Gasteiger partial charge < -0.3 is 19.6 Å². The lowest BCUT2D eigenvalue weighted by molar-refractivity contribution is 0.434. The topological polar surface area (TPSA) is 62.0 Å². The SMILES string of the molecule is CN(C)c1ccc(-n2c(O)c3n(c2=S)Cc2[nH]cnc2C3)cc1. The number of rotatable bonds is 2. The van der Waals surface area contributed by atoms with Gasteiger partial charge in [-0.25, -0.2) is 4.98 Å². The third-order valence-electron chi connectivity index (χ3n) is 4.30. The summed E-state index contributed by atoms with van der Waals surface area (Å²) in [7, 11) is 3.99. The molecule has 0 spiro atoms. The van der Waals surface area contributed by atoms with E-state index in [2.05, 4.69) is 9.97 Å². The van der Waals surface area contributed by atoms with Gasteiger partial charge >= 0.3 is 0 Å². The van der Waals surface area contributed by atoms with E-state index in [1.165, 1.54) is 0 Å². The molecule has 0 aliphatic carbocycles. The predicted molar refractivity (Wildman–Crippen MR) is 91.1 cm³/mol. The lowest BCUT2D eigenvalue weighted by Gasteiger charge is -2.13. The van der Waals surface area contributed by atoms with Crippen LogP contribution in [0, 0.1) is 4.77 Å². The van der Waals surface area contributed by atoms with Crippen molar-refractivity contribution in [1.82, 2.24) is 19.1 Å². The summed E-state index contributed by atoms with van der Waals surface area (Å²) in [5, 5.41) is 10.7. The van der Waals surface area contributed by atoms with E-state index in [4.69, 9.17) is 12.2 Å². The molecule has 23 heavy (non-hydrogen) atoms. The minimum Gasteiger partial charge on any atom is -0.493 e. The second-order valence-electron chi connectivity index (χ2n) is 5.89. The van der Waals surface area contributed by atoms with Crippen molar-refractivity contribution < 1.29 is 5.11 Å². The fraction of sp³-hybridized carbons (Fsp3) is 0.250. The summed E-state index contributed by atoms with van der Waals surface area (Å²) in [5.41, 5.74) is 4.79. The fourth-order valence-corrected chi connectivity index (χ4v) is 3.37. The molecule has 1 aliphatic heterocycles. The molecule has 7 heteroatoms. The molecule has 2 N–H and O–H groups in total. The van der Waals surface area contributed by atoms with Gasteiger partial charge in [-0.3, -0.25) is 4.57 Å². The molecule has 3 aromatic rings. The van der Waals surface area contributed by atoms with Gasteiger partial charge in [-0.2, -0.15) is 0 Å². The van der Waals surface area contributed by atoms with Crippen molar-refractivity contribution in [3.05, 3.63) is 52.4 Å². The quantitative estimate of drug-likeness (QED) is 0.555. The molecule has 0 saturated heterocycles. The summed E-state index contributed by atoms with van der Waals surface area (Å²) in [6.07, 6.45) is 2.27. The van der Waals surface area contributed by atoms with Crippen LogP contribution in [0.1, 0.15) is 17.1 Å². The number of H-pyrrole nitrogens is 1. The predicted octanol–water partition coefficient (Wildman–Crippen LogP) is 2.46. The van der Waals surface area contributed by atoms with Gasteiger partial charge in [-0.1, -0.05) is 0 Å². The van der Waals surface area contributed by atoms with Crippen LogP contribution >= 0.6 is 12.2 Å². The molecule has 118 valence electrons. The van der Waals surface area contributed by atoms with Gasteiger partial charge in [0.1, 0.15) is 0 Å². The maximum Gasteiger partial charge on any atom is 0.218 e. The summed E-state index contributed by atoms with van der Waals surface area (Å²) in [5.74, 6) is 0.196. The van der Waals surface area contributed by atoms with E-state index < -0.39 is 0 Å². The van der Waals surface area contributed by atoms with Crippen molar-refractivity contribution in [2.45, 2.75) is 13.0 Å². The Labute approximate surface area is 138 Å². The van der Waals surface area contributed by atoms with Gasteiger partial charge in [0.15, 0.2) is 4.77 Å². The molecule has 0 amide bonds. The standard InChI is InChI=1S/C16H17N5OS/c1-19(2)10-3-5-11(6-4-10)21-15(22)14-7-12-13(18-9-17-12)8-20(14)16(21)23/h3-6,9,22H,7-8H2,1-2H3,(H,17,18). The maximum absolute atomic E-state index is 10.7. The van der Waals surface area contributed by atoms with Crippen molar-refractivity contribution in [1.29, 1.82) is 0 Å². The van der Waals surface area contributed by atoms with Crippen LogP contribution in [0.5, 0.6) is 5.88 Å². The van der Waals surface area contributed by atoms with Gasteiger partial charge in [-0.05, 0) is 36.5 Å². The average Bonchev–Trinajstić information content (AvgIpc) is 3.09. The highest BCUT2D eigenvalue weighted by atomic mass is 32.1. The molecular formula is C16H17N5OS. The third-order valence-corrected chi connectivity index (χ3v) is 4.70. The largest absolute Gasteiger partial charge is 0.493 e. The van der Waals surface area contributed by atoms with Crippen LogP contribution in [0.3, 0.4) is 0 Å². The first-order valence-electron chi connectivity index (χ1n) is 7.38. The zero-order valence-corrected chi connectivity index (χ0v) is 13.8. The summed E-state index contributed by atoms with van der Waals surface area (Å²) in [6, 6.07) is 7.96. The molecule has 0 unspecified atom stereocenters. The second-order valence-corrected chi connectivity index (χ2v) is 6.25. The number of aromatic amines is 1. The number of nitrogens with one attached hydrogen (secondary N) is 1. The number of hydrogen-bond acceptors (Lipinski definition) is 4. The Balaban J connectivity index is 1.82. The van der Waals surface area contributed by atoms with Crippen molar-refractivity contribution in [2.75, 3.05) is 19.0 Å². The Bertz CT molecular complexity index is 933. The molecule has 1 aromatic carbocycles. The summed E-state index contributed by atoms with van der Waals surface area (Å²) >= 11 is 5.59. The fourth-order valence-electron chi connectivity index (χ4n) is 3.00. The number of hydrogen-bond donors (Lipinski definition) is 2. The van der Waals surface area contributed by atoms with E-state index >= 15 is 0 Å². The summed E-state index contributed by atoms with van der Waals surface area (Å²) in [6.45, 7) is 0.611. The van der Waals surface area contributed by atoms with Gasteiger partial charge in [0.2, 0.25) is 5.88 Å². The average molecular weight is 327 g/mol. The Morgan fingerprint density at radius 2 is 2.00 bits per heavy atom. The van der Waals surface area contributed by atoms with Crippen LogP contribution in [0.2, 0.25) is 0 Å². The van der Waals surface area contributed by atoms with Gasteiger partial charge in [0.25, 0.3) is 0 Å². The number of aromatic hydroxyl groups is 1. The van der Waals surface area contributed by atoms with E-state index in [-0.39, 0.29) is 5.88 Å². The molecule has 2 aromatic heterocycles. The van der Waals surface area contributed by atoms with E-state index in [0.717, 1.165) is 28.5 Å². The second kappa shape index (κ2) is 4.99. The van der Waals surface area contributed by atoms with Crippen LogP contribution in [-0.4, -0.2) is 38.3 Å². The van der Waals surface area contributed by atoms with Crippen molar-refractivity contribution >= 4 is 17.9 Å². The molecule has 4 rings (SSSR count). The zero-order valence-electron chi connectivity index (χ0n) is 12.9. The van der Waals surface area contributed by atoms with Gasteiger partial charge in [0.05, 0.1) is 35.6 Å². The third kappa shape index (κ3) is 2.08. The number of anilines is 1. The molecule has 1 aliphatic rings. The Kier molecular flexibility index (Phi) is 3.05. The van der Waals surface area contributed by atoms with E-state index in [1.54, 1.807) is 10.9 Å². The number of nitrogens with zero attached hydrogens (tertiary/aromatic N) is 4. The first-order chi connectivity index (χ1) is 11.1. The van der Waals surface area contributed by atoms with E-state index in [0.29, 0.717) is 17.7 Å². The first-order valence-corrected chi connectivity index (χ1v) is 7.79. The Morgan fingerprint density at radius 3 is 2.70 bits per heavy atom. The molecule has 6 nitrogen and oxygen atoms in total. The lowest BCUT2D eigenvalue weighted by atomic mass is 10.1. The molecule has 0 atom stereocenters. The van der Waals surface area contributed by atoms with Crippen LogP contribution in [0.25, 0.3) is 5.69 Å². The molecule has 0 fully saturated rings. The monoisotopic (exact) mass is 327 g/mol. The summed E-state index contributed by atoms with van der Waals surface area (Å²) < 4.78 is 4.27. The van der Waals surface area contributed by atoms with Crippen molar-refractivity contribution in [3.8, 4) is 11.6 Å². The number of aromatic nitrogens is 4. The molecule has 0 bridgehead atoms. The van der Waals surface area contributed by atoms with Crippen LogP contribution in [0.15, 0.2) is 30.6 Å². The lowest BCUT2D eigenvalue weighted by Crippen LogP contribution is -2.13. The number of imidazole rings is 2. The highest BCUT2D eigenvalue weighted by Crippen LogP contribution is 2.31. The minimum absolute atomic E-state index is 0.196. The molecule has 0 saturated carbocycles. The minimum atomic E-state index is 0.196. The molecular weight excluding hydrogens is 310 g/mol. The Hall–Kier alpha value is -2.54. The number of benzene rings is 1. The van der Waals surface area contributed by atoms with Crippen LogP contribution < -0.4 is 4.90 Å². The van der Waals surface area contributed by atoms with Crippen LogP contribution in [0.4, 0.5) is 5.69 Å². The first kappa shape index (κ1) is 14.1. The maximum atomic E-state index is 10.7. The van der Waals surface area contributed by atoms with Crippen molar-refractivity contribution in [2.24, 2.45) is 0 Å². The molecule has 3 heterocycles. The normalized spacial score (nSPS) is 12.8. The van der Waals surface area contributed by atoms with E-state index in [1.807, 2.05) is 47.8 Å². The highest BCUT2D eigenvalue weighted by molar-refractivity contribution is 7.71. The highest BCUT2D eigenvalue weighted by Gasteiger charge is 2.25.